The molecule has 2 atom stereocenters. The van der Waals surface area contributed by atoms with Crippen molar-refractivity contribution in [3.05, 3.63) is 29.8 Å². The minimum atomic E-state index is -0.409. The van der Waals surface area contributed by atoms with Gasteiger partial charge in [0.05, 0.1) is 19.2 Å². The molecule has 0 radical (unpaired) electrons. The van der Waals surface area contributed by atoms with Crippen LogP contribution in [-0.2, 0) is 4.79 Å². The summed E-state index contributed by atoms with van der Waals surface area (Å²) in [6.07, 6.45) is 5.37. The van der Waals surface area contributed by atoms with Gasteiger partial charge in [-0.3, -0.25) is 9.69 Å². The molecular formula is C19H31N3O2. The van der Waals surface area contributed by atoms with Crippen LogP contribution in [0.5, 0.6) is 5.75 Å². The summed E-state index contributed by atoms with van der Waals surface area (Å²) in [5.41, 5.74) is 7.14. The van der Waals surface area contributed by atoms with Crippen molar-refractivity contribution in [2.75, 3.05) is 26.7 Å². The lowest BCUT2D eigenvalue weighted by Crippen LogP contribution is -2.45. The molecule has 134 valence electrons. The van der Waals surface area contributed by atoms with Crippen LogP contribution in [0.3, 0.4) is 0 Å². The van der Waals surface area contributed by atoms with Gasteiger partial charge in [0, 0.05) is 6.54 Å². The molecule has 0 saturated carbocycles. The van der Waals surface area contributed by atoms with Crippen molar-refractivity contribution in [2.45, 2.75) is 51.1 Å². The second-order valence-corrected chi connectivity index (χ2v) is 6.53. The minimum absolute atomic E-state index is 0.0487. The highest BCUT2D eigenvalue weighted by Crippen LogP contribution is 2.25. The van der Waals surface area contributed by atoms with Gasteiger partial charge in [-0.2, -0.15) is 0 Å². The summed E-state index contributed by atoms with van der Waals surface area (Å²) < 4.78 is 5.25. The average Bonchev–Trinajstić information content (AvgIpc) is 2.63. The van der Waals surface area contributed by atoms with Crippen LogP contribution < -0.4 is 15.8 Å². The van der Waals surface area contributed by atoms with Crippen LogP contribution >= 0.6 is 0 Å². The van der Waals surface area contributed by atoms with Crippen molar-refractivity contribution in [3.63, 3.8) is 0 Å². The van der Waals surface area contributed by atoms with E-state index in [0.29, 0.717) is 6.54 Å². The van der Waals surface area contributed by atoms with E-state index in [1.54, 1.807) is 7.11 Å². The highest BCUT2D eigenvalue weighted by Gasteiger charge is 2.23. The number of carbonyl (C=O) groups excluding carboxylic acids is 1. The van der Waals surface area contributed by atoms with Crippen LogP contribution in [0, 0.1) is 0 Å². The number of hydrogen-bond acceptors (Lipinski definition) is 4. The van der Waals surface area contributed by atoms with Gasteiger partial charge in [0.15, 0.2) is 0 Å². The number of ether oxygens (including phenoxy) is 1. The maximum absolute atomic E-state index is 12.2. The summed E-state index contributed by atoms with van der Waals surface area (Å²) in [5.74, 6) is 0.803. The molecular weight excluding hydrogens is 302 g/mol. The van der Waals surface area contributed by atoms with E-state index in [9.17, 15) is 4.79 Å². The first-order valence-electron chi connectivity index (χ1n) is 9.07. The highest BCUT2D eigenvalue weighted by molar-refractivity contribution is 5.81. The Labute approximate surface area is 145 Å². The van der Waals surface area contributed by atoms with Crippen molar-refractivity contribution in [2.24, 2.45) is 5.73 Å². The third-order valence-electron chi connectivity index (χ3n) is 4.74. The fourth-order valence-corrected chi connectivity index (χ4v) is 3.28. The Balaban J connectivity index is 2.05. The van der Waals surface area contributed by atoms with E-state index in [1.807, 2.05) is 19.1 Å². The van der Waals surface area contributed by atoms with Crippen LogP contribution in [0.2, 0.25) is 0 Å². The number of nitrogens with zero attached hydrogens (tertiary/aromatic N) is 1. The van der Waals surface area contributed by atoms with Crippen molar-refractivity contribution >= 4 is 5.91 Å². The Morgan fingerprint density at radius 1 is 1.25 bits per heavy atom. The number of rotatable bonds is 8. The quantitative estimate of drug-likeness (QED) is 0.767. The molecule has 1 aromatic rings. The smallest absolute Gasteiger partial charge is 0.236 e. The van der Waals surface area contributed by atoms with E-state index in [-0.39, 0.29) is 11.9 Å². The van der Waals surface area contributed by atoms with E-state index in [4.69, 9.17) is 10.5 Å². The molecule has 1 fully saturated rings. The van der Waals surface area contributed by atoms with Crippen LogP contribution in [0.25, 0.3) is 0 Å². The predicted molar refractivity (Wildman–Crippen MR) is 97.1 cm³/mol. The lowest BCUT2D eigenvalue weighted by molar-refractivity contribution is -0.122. The lowest BCUT2D eigenvalue weighted by atomic mass is 10.0. The van der Waals surface area contributed by atoms with Crippen LogP contribution in [0.15, 0.2) is 24.3 Å². The molecule has 1 aliphatic rings. The van der Waals surface area contributed by atoms with E-state index >= 15 is 0 Å². The standard InChI is InChI=1S/C19H31N3O2/c1-3-7-17(20)19(23)21-14-18(22-12-5-4-6-13-22)15-8-10-16(24-2)11-9-15/h8-11,17-18H,3-7,12-14,20H2,1-2H3,(H,21,23). The topological polar surface area (TPSA) is 67.6 Å². The number of likely N-dealkylation sites (tertiary alicyclic amines) is 1. The molecule has 1 aliphatic heterocycles. The van der Waals surface area contributed by atoms with Gasteiger partial charge in [0.2, 0.25) is 5.91 Å². The first kappa shape index (κ1) is 18.7. The Morgan fingerprint density at radius 3 is 2.50 bits per heavy atom. The first-order chi connectivity index (χ1) is 11.7. The number of carbonyl (C=O) groups is 1. The molecule has 0 aromatic heterocycles. The molecule has 1 saturated heterocycles. The summed E-state index contributed by atoms with van der Waals surface area (Å²) in [6, 6.07) is 7.93. The Bertz CT molecular complexity index is 498. The largest absolute Gasteiger partial charge is 0.497 e. The van der Waals surface area contributed by atoms with Crippen molar-refractivity contribution in [1.29, 1.82) is 0 Å². The zero-order valence-corrected chi connectivity index (χ0v) is 15.0. The molecule has 1 amide bonds. The van der Waals surface area contributed by atoms with Crippen LogP contribution in [0.1, 0.15) is 50.6 Å². The van der Waals surface area contributed by atoms with Crippen molar-refractivity contribution in [1.82, 2.24) is 10.2 Å². The lowest BCUT2D eigenvalue weighted by Gasteiger charge is -2.35. The molecule has 24 heavy (non-hydrogen) atoms. The monoisotopic (exact) mass is 333 g/mol. The van der Waals surface area contributed by atoms with Gasteiger partial charge in [0.25, 0.3) is 0 Å². The fourth-order valence-electron chi connectivity index (χ4n) is 3.28. The zero-order valence-electron chi connectivity index (χ0n) is 15.0. The number of hydrogen-bond donors (Lipinski definition) is 2. The van der Waals surface area contributed by atoms with Gasteiger partial charge in [-0.05, 0) is 50.0 Å². The van der Waals surface area contributed by atoms with Crippen molar-refractivity contribution < 1.29 is 9.53 Å². The maximum atomic E-state index is 12.2. The normalized spacial score (nSPS) is 18.0. The molecule has 5 nitrogen and oxygen atoms in total. The van der Waals surface area contributed by atoms with E-state index in [0.717, 1.165) is 31.7 Å². The summed E-state index contributed by atoms with van der Waals surface area (Å²) in [6.45, 7) is 4.80. The third kappa shape index (κ3) is 5.21. The molecule has 0 spiro atoms. The summed E-state index contributed by atoms with van der Waals surface area (Å²) in [5, 5.41) is 3.05. The fraction of sp³-hybridized carbons (Fsp3) is 0.632. The van der Waals surface area contributed by atoms with Crippen LogP contribution in [-0.4, -0.2) is 43.6 Å². The third-order valence-corrected chi connectivity index (χ3v) is 4.74. The minimum Gasteiger partial charge on any atom is -0.497 e. The molecule has 3 N–H and O–H groups in total. The Hall–Kier alpha value is -1.59. The van der Waals surface area contributed by atoms with Gasteiger partial charge in [-0.15, -0.1) is 0 Å². The average molecular weight is 333 g/mol. The van der Waals surface area contributed by atoms with E-state index in [2.05, 4.69) is 22.3 Å². The van der Waals surface area contributed by atoms with Gasteiger partial charge >= 0.3 is 0 Å². The predicted octanol–water partition coefficient (Wildman–Crippen LogP) is 2.47. The second kappa shape index (κ2) is 9.64. The molecule has 0 bridgehead atoms. The Kier molecular flexibility index (Phi) is 7.53. The maximum Gasteiger partial charge on any atom is 0.236 e. The van der Waals surface area contributed by atoms with Crippen molar-refractivity contribution in [3.8, 4) is 5.75 Å². The second-order valence-electron chi connectivity index (χ2n) is 6.53. The molecule has 5 heteroatoms. The number of methoxy groups -OCH3 is 1. The van der Waals surface area contributed by atoms with Crippen LogP contribution in [0.4, 0.5) is 0 Å². The van der Waals surface area contributed by atoms with E-state index in [1.165, 1.54) is 24.8 Å². The highest BCUT2D eigenvalue weighted by atomic mass is 16.5. The molecule has 2 unspecified atom stereocenters. The van der Waals surface area contributed by atoms with Gasteiger partial charge in [-0.1, -0.05) is 31.9 Å². The summed E-state index contributed by atoms with van der Waals surface area (Å²) >= 11 is 0. The summed E-state index contributed by atoms with van der Waals surface area (Å²) in [4.78, 5) is 14.6. The zero-order chi connectivity index (χ0) is 17.4. The molecule has 0 aliphatic carbocycles. The SMILES string of the molecule is CCCC(N)C(=O)NCC(c1ccc(OC)cc1)N1CCCCC1. The number of benzene rings is 1. The number of nitrogens with one attached hydrogen (secondary N) is 1. The van der Waals surface area contributed by atoms with Gasteiger partial charge < -0.3 is 15.8 Å². The number of nitrogens with two attached hydrogens (primary N) is 1. The molecule has 1 aromatic carbocycles. The van der Waals surface area contributed by atoms with Gasteiger partial charge in [0.1, 0.15) is 5.75 Å². The van der Waals surface area contributed by atoms with E-state index < -0.39 is 6.04 Å². The molecule has 1 heterocycles. The number of amides is 1. The number of piperidine rings is 1. The first-order valence-corrected chi connectivity index (χ1v) is 9.07. The molecule has 2 rings (SSSR count). The van der Waals surface area contributed by atoms with Gasteiger partial charge in [-0.25, -0.2) is 0 Å². The Morgan fingerprint density at radius 2 is 1.92 bits per heavy atom. The summed E-state index contributed by atoms with van der Waals surface area (Å²) in [7, 11) is 1.67.